The summed E-state index contributed by atoms with van der Waals surface area (Å²) >= 11 is 1.60. The SMILES string of the molecule is O=C(Cc1ccsc1)N1CC(n2cc(CO)nn2)C1. The minimum Gasteiger partial charge on any atom is -0.390 e. The van der Waals surface area contributed by atoms with Gasteiger partial charge < -0.3 is 10.0 Å². The van der Waals surface area contributed by atoms with Gasteiger partial charge in [-0.3, -0.25) is 4.79 Å². The molecular formula is C12H14N4O2S. The topological polar surface area (TPSA) is 71.2 Å². The minimum atomic E-state index is -0.104. The van der Waals surface area contributed by atoms with Crippen LogP contribution in [0.1, 0.15) is 17.3 Å². The Hall–Kier alpha value is -1.73. The second-order valence-electron chi connectivity index (χ2n) is 4.61. The van der Waals surface area contributed by atoms with Crippen LogP contribution in [0.5, 0.6) is 0 Å². The van der Waals surface area contributed by atoms with E-state index >= 15 is 0 Å². The fourth-order valence-corrected chi connectivity index (χ4v) is 2.74. The molecule has 0 atom stereocenters. The Bertz CT molecular complexity index is 560. The first-order chi connectivity index (χ1) is 9.26. The molecule has 3 heterocycles. The zero-order valence-corrected chi connectivity index (χ0v) is 11.1. The van der Waals surface area contributed by atoms with Crippen LogP contribution in [0.15, 0.2) is 23.0 Å². The number of amides is 1. The average Bonchev–Trinajstić information content (AvgIpc) is 2.98. The predicted octanol–water partition coefficient (Wildman–Crippen LogP) is 0.458. The van der Waals surface area contributed by atoms with E-state index in [1.165, 1.54) is 0 Å². The van der Waals surface area contributed by atoms with Crippen LogP contribution in [0.25, 0.3) is 0 Å². The van der Waals surface area contributed by atoms with Crippen LogP contribution in [0, 0.1) is 0 Å². The van der Waals surface area contributed by atoms with Gasteiger partial charge in [-0.15, -0.1) is 5.10 Å². The Balaban J connectivity index is 1.53. The number of carbonyl (C=O) groups is 1. The van der Waals surface area contributed by atoms with E-state index < -0.39 is 0 Å². The molecule has 7 heteroatoms. The number of hydrogen-bond donors (Lipinski definition) is 1. The maximum atomic E-state index is 12.0. The van der Waals surface area contributed by atoms with Gasteiger partial charge in [0.05, 0.1) is 25.3 Å². The van der Waals surface area contributed by atoms with Crippen LogP contribution in [-0.2, 0) is 17.8 Å². The van der Waals surface area contributed by atoms with E-state index in [9.17, 15) is 4.79 Å². The number of aliphatic hydroxyl groups excluding tert-OH is 1. The van der Waals surface area contributed by atoms with E-state index in [0.29, 0.717) is 25.2 Å². The molecule has 0 saturated carbocycles. The molecule has 100 valence electrons. The lowest BCUT2D eigenvalue weighted by Gasteiger charge is -2.38. The summed E-state index contributed by atoms with van der Waals surface area (Å²) in [6, 6.07) is 2.16. The molecule has 1 N–H and O–H groups in total. The summed E-state index contributed by atoms with van der Waals surface area (Å²) in [5.41, 5.74) is 1.63. The van der Waals surface area contributed by atoms with Gasteiger partial charge in [0.1, 0.15) is 5.69 Å². The summed E-state index contributed by atoms with van der Waals surface area (Å²) < 4.78 is 1.72. The Labute approximate surface area is 114 Å². The third kappa shape index (κ3) is 2.52. The van der Waals surface area contributed by atoms with Gasteiger partial charge in [0.2, 0.25) is 5.91 Å². The third-order valence-electron chi connectivity index (χ3n) is 3.24. The fraction of sp³-hybridized carbons (Fsp3) is 0.417. The van der Waals surface area contributed by atoms with Gasteiger partial charge >= 0.3 is 0 Å². The van der Waals surface area contributed by atoms with Crippen molar-refractivity contribution in [2.24, 2.45) is 0 Å². The first kappa shape index (κ1) is 12.3. The first-order valence-corrected chi connectivity index (χ1v) is 7.01. The maximum Gasteiger partial charge on any atom is 0.227 e. The van der Waals surface area contributed by atoms with Gasteiger partial charge in [-0.2, -0.15) is 11.3 Å². The molecule has 2 aromatic rings. The van der Waals surface area contributed by atoms with E-state index in [-0.39, 0.29) is 18.6 Å². The molecule has 1 aliphatic heterocycles. The van der Waals surface area contributed by atoms with Gasteiger partial charge in [-0.1, -0.05) is 5.21 Å². The minimum absolute atomic E-state index is 0.104. The zero-order chi connectivity index (χ0) is 13.2. The van der Waals surface area contributed by atoms with Crippen molar-refractivity contribution in [2.45, 2.75) is 19.1 Å². The zero-order valence-electron chi connectivity index (χ0n) is 10.3. The summed E-state index contributed by atoms with van der Waals surface area (Å²) in [6.07, 6.45) is 2.20. The molecule has 1 fully saturated rings. The van der Waals surface area contributed by atoms with E-state index in [1.807, 2.05) is 21.7 Å². The van der Waals surface area contributed by atoms with Crippen LogP contribution in [0.3, 0.4) is 0 Å². The number of rotatable bonds is 4. The molecular weight excluding hydrogens is 264 g/mol. The molecule has 2 aromatic heterocycles. The second-order valence-corrected chi connectivity index (χ2v) is 5.39. The lowest BCUT2D eigenvalue weighted by Crippen LogP contribution is -2.51. The number of thiophene rings is 1. The summed E-state index contributed by atoms with van der Waals surface area (Å²) in [4.78, 5) is 13.8. The molecule has 0 aliphatic carbocycles. The quantitative estimate of drug-likeness (QED) is 0.882. The van der Waals surface area contributed by atoms with Gasteiger partial charge in [0.15, 0.2) is 0 Å². The Morgan fingerprint density at radius 1 is 1.53 bits per heavy atom. The lowest BCUT2D eigenvalue weighted by atomic mass is 10.1. The van der Waals surface area contributed by atoms with E-state index in [4.69, 9.17) is 5.11 Å². The molecule has 0 aromatic carbocycles. The van der Waals surface area contributed by atoms with Crippen LogP contribution >= 0.6 is 11.3 Å². The molecule has 0 spiro atoms. The maximum absolute atomic E-state index is 12.0. The van der Waals surface area contributed by atoms with Crippen LogP contribution in [0.4, 0.5) is 0 Å². The largest absolute Gasteiger partial charge is 0.390 e. The van der Waals surface area contributed by atoms with Crippen molar-refractivity contribution < 1.29 is 9.90 Å². The highest BCUT2D eigenvalue weighted by Gasteiger charge is 2.32. The van der Waals surface area contributed by atoms with Crippen molar-refractivity contribution in [3.8, 4) is 0 Å². The number of hydrogen-bond acceptors (Lipinski definition) is 5. The Morgan fingerprint density at radius 2 is 2.37 bits per heavy atom. The second kappa shape index (κ2) is 5.10. The van der Waals surface area contributed by atoms with Crippen LogP contribution in [-0.4, -0.2) is 44.0 Å². The molecule has 1 aliphatic rings. The molecule has 1 amide bonds. The average molecular weight is 278 g/mol. The number of likely N-dealkylation sites (tertiary alicyclic amines) is 1. The van der Waals surface area contributed by atoms with Crippen molar-refractivity contribution in [3.63, 3.8) is 0 Å². The predicted molar refractivity (Wildman–Crippen MR) is 69.6 cm³/mol. The summed E-state index contributed by atoms with van der Waals surface area (Å²) in [5.74, 6) is 0.150. The number of aliphatic hydroxyl groups is 1. The van der Waals surface area contributed by atoms with Crippen molar-refractivity contribution in [1.29, 1.82) is 0 Å². The summed E-state index contributed by atoms with van der Waals surface area (Å²) in [5, 5.41) is 20.7. The van der Waals surface area contributed by atoms with Crippen LogP contribution in [0.2, 0.25) is 0 Å². The smallest absolute Gasteiger partial charge is 0.227 e. The summed E-state index contributed by atoms with van der Waals surface area (Å²) in [7, 11) is 0. The molecule has 19 heavy (non-hydrogen) atoms. The molecule has 1 saturated heterocycles. The van der Waals surface area contributed by atoms with Gasteiger partial charge in [-0.05, 0) is 22.4 Å². The number of nitrogens with zero attached hydrogens (tertiary/aromatic N) is 4. The standard InChI is InChI=1S/C12H14N4O2S/c17-7-10-4-16(14-13-10)11-5-15(6-11)12(18)3-9-1-2-19-8-9/h1-2,4,8,11,17H,3,5-7H2. The van der Waals surface area contributed by atoms with E-state index in [2.05, 4.69) is 10.3 Å². The molecule has 6 nitrogen and oxygen atoms in total. The van der Waals surface area contributed by atoms with Gasteiger partial charge in [0.25, 0.3) is 0 Å². The number of aromatic nitrogens is 3. The van der Waals surface area contributed by atoms with Gasteiger partial charge in [-0.25, -0.2) is 4.68 Å². The summed E-state index contributed by atoms with van der Waals surface area (Å²) in [6.45, 7) is 1.22. The highest BCUT2D eigenvalue weighted by molar-refractivity contribution is 7.07. The van der Waals surface area contributed by atoms with E-state index in [1.54, 1.807) is 22.2 Å². The lowest BCUT2D eigenvalue weighted by molar-refractivity contribution is -0.136. The van der Waals surface area contributed by atoms with Crippen molar-refractivity contribution in [1.82, 2.24) is 19.9 Å². The normalized spacial score (nSPS) is 15.5. The van der Waals surface area contributed by atoms with Crippen molar-refractivity contribution >= 4 is 17.2 Å². The van der Waals surface area contributed by atoms with E-state index in [0.717, 1.165) is 5.56 Å². The van der Waals surface area contributed by atoms with Crippen molar-refractivity contribution in [2.75, 3.05) is 13.1 Å². The highest BCUT2D eigenvalue weighted by Crippen LogP contribution is 2.21. The molecule has 0 radical (unpaired) electrons. The monoisotopic (exact) mass is 278 g/mol. The molecule has 0 unspecified atom stereocenters. The number of carbonyl (C=O) groups excluding carboxylic acids is 1. The first-order valence-electron chi connectivity index (χ1n) is 6.06. The fourth-order valence-electron chi connectivity index (χ4n) is 2.07. The van der Waals surface area contributed by atoms with Crippen LogP contribution < -0.4 is 0 Å². The molecule has 0 bridgehead atoms. The third-order valence-corrected chi connectivity index (χ3v) is 3.98. The highest BCUT2D eigenvalue weighted by atomic mass is 32.1. The van der Waals surface area contributed by atoms with Crippen molar-refractivity contribution in [3.05, 3.63) is 34.3 Å². The Kier molecular flexibility index (Phi) is 3.31. The van der Waals surface area contributed by atoms with Gasteiger partial charge in [0, 0.05) is 13.1 Å². The molecule has 3 rings (SSSR count). The Morgan fingerprint density at radius 3 is 3.00 bits per heavy atom.